The summed E-state index contributed by atoms with van der Waals surface area (Å²) in [5.41, 5.74) is 0. The molecule has 0 fully saturated rings. The molecular formula is C11H10N2OS2. The van der Waals surface area contributed by atoms with Crippen LogP contribution in [-0.4, -0.2) is 10.9 Å². The molecule has 2 aromatic rings. The van der Waals surface area contributed by atoms with E-state index in [0.717, 1.165) is 4.88 Å². The van der Waals surface area contributed by atoms with Crippen molar-refractivity contribution in [1.29, 1.82) is 0 Å². The average Bonchev–Trinajstić information content (AvgIpc) is 2.87. The molecule has 0 aliphatic rings. The zero-order chi connectivity index (χ0) is 11.4. The van der Waals surface area contributed by atoms with Crippen LogP contribution in [0.25, 0.3) is 6.08 Å². The number of hydrogen-bond donors (Lipinski definition) is 1. The average molecular weight is 250 g/mol. The van der Waals surface area contributed by atoms with Crippen LogP contribution in [0, 0.1) is 6.92 Å². The van der Waals surface area contributed by atoms with Crippen molar-refractivity contribution in [3.05, 3.63) is 39.5 Å². The Balaban J connectivity index is 1.94. The minimum atomic E-state index is -0.152. The number of aryl methyl sites for hydroxylation is 1. The minimum Gasteiger partial charge on any atom is -0.298 e. The van der Waals surface area contributed by atoms with E-state index in [1.807, 2.05) is 24.4 Å². The molecule has 0 aromatic carbocycles. The number of rotatable bonds is 3. The van der Waals surface area contributed by atoms with Gasteiger partial charge in [-0.2, -0.15) is 0 Å². The van der Waals surface area contributed by atoms with Crippen molar-refractivity contribution in [3.63, 3.8) is 0 Å². The van der Waals surface area contributed by atoms with Crippen LogP contribution >= 0.6 is 22.7 Å². The van der Waals surface area contributed by atoms with E-state index in [0.29, 0.717) is 5.13 Å². The Morgan fingerprint density at radius 3 is 3.00 bits per heavy atom. The highest BCUT2D eigenvalue weighted by Crippen LogP contribution is 2.16. The maximum Gasteiger partial charge on any atom is 0.250 e. The predicted octanol–water partition coefficient (Wildman–Crippen LogP) is 3.16. The molecule has 5 heteroatoms. The number of anilines is 1. The summed E-state index contributed by atoms with van der Waals surface area (Å²) in [7, 11) is 0. The molecule has 2 heterocycles. The van der Waals surface area contributed by atoms with Crippen LogP contribution in [0.2, 0.25) is 0 Å². The molecule has 16 heavy (non-hydrogen) atoms. The first-order chi connectivity index (χ1) is 7.74. The van der Waals surface area contributed by atoms with Gasteiger partial charge in [-0.1, -0.05) is 0 Å². The maximum absolute atomic E-state index is 11.5. The number of thiophene rings is 1. The van der Waals surface area contributed by atoms with E-state index in [-0.39, 0.29) is 5.91 Å². The van der Waals surface area contributed by atoms with Crippen molar-refractivity contribution in [1.82, 2.24) is 4.98 Å². The highest BCUT2D eigenvalue weighted by Gasteiger charge is 1.99. The van der Waals surface area contributed by atoms with Gasteiger partial charge in [0.2, 0.25) is 5.91 Å². The molecule has 0 saturated carbocycles. The molecule has 0 bridgehead atoms. The SMILES string of the molecule is Cc1ccc(/C=C/C(=O)Nc2nccs2)s1. The van der Waals surface area contributed by atoms with Crippen LogP contribution in [0.3, 0.4) is 0 Å². The molecule has 0 spiro atoms. The van der Waals surface area contributed by atoms with Gasteiger partial charge >= 0.3 is 0 Å². The summed E-state index contributed by atoms with van der Waals surface area (Å²) < 4.78 is 0. The summed E-state index contributed by atoms with van der Waals surface area (Å²) in [5.74, 6) is -0.152. The third kappa shape index (κ3) is 3.01. The van der Waals surface area contributed by atoms with Crippen LogP contribution in [0.1, 0.15) is 9.75 Å². The van der Waals surface area contributed by atoms with Gasteiger partial charge in [-0.15, -0.1) is 22.7 Å². The van der Waals surface area contributed by atoms with E-state index in [2.05, 4.69) is 10.3 Å². The molecule has 0 unspecified atom stereocenters. The van der Waals surface area contributed by atoms with Gasteiger partial charge in [0, 0.05) is 27.4 Å². The van der Waals surface area contributed by atoms with Crippen LogP contribution in [0.15, 0.2) is 29.8 Å². The molecule has 0 aliphatic heterocycles. The molecule has 1 amide bonds. The van der Waals surface area contributed by atoms with Crippen molar-refractivity contribution in [3.8, 4) is 0 Å². The van der Waals surface area contributed by atoms with Gasteiger partial charge in [-0.3, -0.25) is 10.1 Å². The fourth-order valence-electron chi connectivity index (χ4n) is 1.13. The predicted molar refractivity (Wildman–Crippen MR) is 68.8 cm³/mol. The first-order valence-corrected chi connectivity index (χ1v) is 6.38. The van der Waals surface area contributed by atoms with Crippen molar-refractivity contribution in [2.24, 2.45) is 0 Å². The molecule has 0 aliphatic carbocycles. The Hall–Kier alpha value is -1.46. The highest BCUT2D eigenvalue weighted by molar-refractivity contribution is 7.13. The number of carbonyl (C=O) groups is 1. The van der Waals surface area contributed by atoms with Gasteiger partial charge in [0.05, 0.1) is 0 Å². The fourth-order valence-corrected chi connectivity index (χ4v) is 2.44. The molecule has 0 saturated heterocycles. The molecule has 2 aromatic heterocycles. The van der Waals surface area contributed by atoms with Gasteiger partial charge < -0.3 is 0 Å². The van der Waals surface area contributed by atoms with E-state index in [1.54, 1.807) is 23.6 Å². The maximum atomic E-state index is 11.5. The van der Waals surface area contributed by atoms with Crippen molar-refractivity contribution in [2.45, 2.75) is 6.92 Å². The van der Waals surface area contributed by atoms with Crippen molar-refractivity contribution < 1.29 is 4.79 Å². The smallest absolute Gasteiger partial charge is 0.250 e. The number of nitrogens with one attached hydrogen (secondary N) is 1. The molecule has 1 N–H and O–H groups in total. The lowest BCUT2D eigenvalue weighted by atomic mass is 10.4. The van der Waals surface area contributed by atoms with Gasteiger partial charge in [0.25, 0.3) is 0 Å². The summed E-state index contributed by atoms with van der Waals surface area (Å²) >= 11 is 3.06. The minimum absolute atomic E-state index is 0.152. The first kappa shape index (κ1) is 11.0. The Bertz CT molecular complexity index is 500. The fraction of sp³-hybridized carbons (Fsp3) is 0.0909. The Morgan fingerprint density at radius 2 is 2.38 bits per heavy atom. The number of aromatic nitrogens is 1. The van der Waals surface area contributed by atoms with Crippen LogP contribution < -0.4 is 5.32 Å². The normalized spacial score (nSPS) is 10.8. The van der Waals surface area contributed by atoms with E-state index in [1.165, 1.54) is 22.3 Å². The molecule has 82 valence electrons. The lowest BCUT2D eigenvalue weighted by Crippen LogP contribution is -2.06. The Labute approximate surface area is 101 Å². The van der Waals surface area contributed by atoms with E-state index in [4.69, 9.17) is 0 Å². The van der Waals surface area contributed by atoms with Crippen LogP contribution in [0.5, 0.6) is 0 Å². The zero-order valence-corrected chi connectivity index (χ0v) is 10.3. The molecule has 0 radical (unpaired) electrons. The zero-order valence-electron chi connectivity index (χ0n) is 8.64. The number of hydrogen-bond acceptors (Lipinski definition) is 4. The third-order valence-corrected chi connectivity index (χ3v) is 3.48. The van der Waals surface area contributed by atoms with Crippen LogP contribution in [-0.2, 0) is 4.79 Å². The molecule has 2 rings (SSSR count). The highest BCUT2D eigenvalue weighted by atomic mass is 32.1. The molecule has 3 nitrogen and oxygen atoms in total. The number of nitrogens with zero attached hydrogens (tertiary/aromatic N) is 1. The summed E-state index contributed by atoms with van der Waals surface area (Å²) in [6.07, 6.45) is 4.99. The third-order valence-electron chi connectivity index (χ3n) is 1.82. The van der Waals surface area contributed by atoms with Gasteiger partial charge in [0.15, 0.2) is 5.13 Å². The second-order valence-corrected chi connectivity index (χ2v) is 5.32. The summed E-state index contributed by atoms with van der Waals surface area (Å²) in [6.45, 7) is 2.04. The second kappa shape index (κ2) is 5.05. The number of amides is 1. The number of carbonyl (C=O) groups excluding carboxylic acids is 1. The van der Waals surface area contributed by atoms with Gasteiger partial charge in [-0.25, -0.2) is 4.98 Å². The first-order valence-electron chi connectivity index (χ1n) is 4.69. The topological polar surface area (TPSA) is 42.0 Å². The molecular weight excluding hydrogens is 240 g/mol. The van der Waals surface area contributed by atoms with Crippen molar-refractivity contribution >= 4 is 39.8 Å². The Morgan fingerprint density at radius 1 is 1.50 bits per heavy atom. The van der Waals surface area contributed by atoms with E-state index in [9.17, 15) is 4.79 Å². The van der Waals surface area contributed by atoms with Gasteiger partial charge in [0.1, 0.15) is 0 Å². The number of thiazole rings is 1. The van der Waals surface area contributed by atoms with Gasteiger partial charge in [-0.05, 0) is 25.1 Å². The van der Waals surface area contributed by atoms with Crippen molar-refractivity contribution in [2.75, 3.05) is 5.32 Å². The summed E-state index contributed by atoms with van der Waals surface area (Å²) in [5, 5.41) is 5.13. The molecule has 0 atom stereocenters. The quantitative estimate of drug-likeness (QED) is 0.850. The van der Waals surface area contributed by atoms with Crippen LogP contribution in [0.4, 0.5) is 5.13 Å². The lowest BCUT2D eigenvalue weighted by molar-refractivity contribution is -0.111. The summed E-state index contributed by atoms with van der Waals surface area (Å²) in [6, 6.07) is 4.02. The lowest BCUT2D eigenvalue weighted by Gasteiger charge is -1.94. The second-order valence-electron chi connectivity index (χ2n) is 3.11. The summed E-state index contributed by atoms with van der Waals surface area (Å²) in [4.78, 5) is 17.7. The Kier molecular flexibility index (Phi) is 3.48. The monoisotopic (exact) mass is 250 g/mol. The van der Waals surface area contributed by atoms with E-state index >= 15 is 0 Å². The standard InChI is InChI=1S/C11H10N2OS2/c1-8-2-3-9(16-8)4-5-10(14)13-11-12-6-7-15-11/h2-7H,1H3,(H,12,13,14)/b5-4+. The van der Waals surface area contributed by atoms with E-state index < -0.39 is 0 Å². The largest absolute Gasteiger partial charge is 0.298 e.